The molecule has 1 aliphatic rings. The standard InChI is InChI=1S/C28H21ClN4O4S/c1-3-37-18-10-7-16(8-11-18)24-22(25(34)23-15(2)30-21-6-4-5-13-32(21)23)26(35)27(36)33(24)28-31-19-12-9-17(29)14-20(19)38-28/h4-14,24,34H,3H2,1-2H3. The Morgan fingerprint density at radius 2 is 1.89 bits per heavy atom. The molecule has 0 spiro atoms. The van der Waals surface area contributed by atoms with Gasteiger partial charge in [0.25, 0.3) is 5.78 Å². The van der Waals surface area contributed by atoms with Crippen molar-refractivity contribution in [1.82, 2.24) is 14.4 Å². The van der Waals surface area contributed by atoms with Crippen LogP contribution in [0.5, 0.6) is 5.75 Å². The molecular formula is C28H21ClN4O4S. The molecule has 1 fully saturated rings. The lowest BCUT2D eigenvalue weighted by molar-refractivity contribution is -0.132. The molecule has 0 saturated carbocycles. The summed E-state index contributed by atoms with van der Waals surface area (Å²) in [6, 6.07) is 16.9. The molecule has 1 N–H and O–H groups in total. The number of benzene rings is 2. The van der Waals surface area contributed by atoms with Gasteiger partial charge in [0.15, 0.2) is 10.9 Å². The third kappa shape index (κ3) is 3.82. The van der Waals surface area contributed by atoms with E-state index in [9.17, 15) is 14.7 Å². The maximum Gasteiger partial charge on any atom is 0.301 e. The van der Waals surface area contributed by atoms with Gasteiger partial charge < -0.3 is 9.84 Å². The number of carbonyl (C=O) groups excluding carboxylic acids is 2. The quantitative estimate of drug-likeness (QED) is 0.167. The number of thiazole rings is 1. The van der Waals surface area contributed by atoms with Gasteiger partial charge in [0.1, 0.15) is 17.1 Å². The fourth-order valence-corrected chi connectivity index (χ4v) is 6.04. The molecule has 1 saturated heterocycles. The molecule has 5 aromatic rings. The molecule has 3 aromatic heterocycles. The summed E-state index contributed by atoms with van der Waals surface area (Å²) in [6.07, 6.45) is 1.75. The third-order valence-corrected chi connectivity index (χ3v) is 7.68. The van der Waals surface area contributed by atoms with Crippen LogP contribution < -0.4 is 9.64 Å². The predicted octanol–water partition coefficient (Wildman–Crippen LogP) is 5.93. The maximum absolute atomic E-state index is 13.6. The Hall–Kier alpha value is -4.21. The van der Waals surface area contributed by atoms with E-state index in [-0.39, 0.29) is 11.3 Å². The zero-order valence-electron chi connectivity index (χ0n) is 20.4. The van der Waals surface area contributed by atoms with Crippen molar-refractivity contribution in [2.75, 3.05) is 11.5 Å². The number of carbonyl (C=O) groups is 2. The molecule has 1 atom stereocenters. The topological polar surface area (TPSA) is 97.0 Å². The van der Waals surface area contributed by atoms with Gasteiger partial charge in [-0.15, -0.1) is 0 Å². The van der Waals surface area contributed by atoms with Gasteiger partial charge >= 0.3 is 5.91 Å². The van der Waals surface area contributed by atoms with Gasteiger partial charge in [-0.3, -0.25) is 18.9 Å². The summed E-state index contributed by atoms with van der Waals surface area (Å²) in [4.78, 5) is 37.6. The van der Waals surface area contributed by atoms with Crippen molar-refractivity contribution < 1.29 is 19.4 Å². The number of halogens is 1. The lowest BCUT2D eigenvalue weighted by atomic mass is 9.96. The molecule has 1 amide bonds. The molecule has 0 aliphatic carbocycles. The summed E-state index contributed by atoms with van der Waals surface area (Å²) in [7, 11) is 0. The van der Waals surface area contributed by atoms with E-state index in [0.29, 0.717) is 50.6 Å². The van der Waals surface area contributed by atoms with E-state index in [1.807, 2.05) is 13.0 Å². The van der Waals surface area contributed by atoms with Crippen molar-refractivity contribution >= 4 is 61.4 Å². The molecule has 0 bridgehead atoms. The van der Waals surface area contributed by atoms with Crippen LogP contribution in [-0.2, 0) is 9.59 Å². The Kier molecular flexibility index (Phi) is 5.89. The summed E-state index contributed by atoms with van der Waals surface area (Å²) in [5.41, 5.74) is 2.73. The second kappa shape index (κ2) is 9.27. The van der Waals surface area contributed by atoms with Crippen molar-refractivity contribution in [1.29, 1.82) is 0 Å². The van der Waals surface area contributed by atoms with Crippen LogP contribution in [0, 0.1) is 6.92 Å². The maximum atomic E-state index is 13.6. The van der Waals surface area contributed by atoms with Gasteiger partial charge in [0.2, 0.25) is 0 Å². The van der Waals surface area contributed by atoms with Crippen molar-refractivity contribution in [2.24, 2.45) is 0 Å². The summed E-state index contributed by atoms with van der Waals surface area (Å²) >= 11 is 7.42. The number of imidazole rings is 1. The van der Waals surface area contributed by atoms with Gasteiger partial charge in [-0.25, -0.2) is 9.97 Å². The van der Waals surface area contributed by atoms with E-state index in [1.165, 1.54) is 16.2 Å². The van der Waals surface area contributed by atoms with Crippen LogP contribution in [0.15, 0.2) is 72.4 Å². The number of hydrogen-bond donors (Lipinski definition) is 1. The number of hydrogen-bond acceptors (Lipinski definition) is 7. The smallest absolute Gasteiger partial charge is 0.301 e. The second-order valence-corrected chi connectivity index (χ2v) is 10.2. The number of amides is 1. The van der Waals surface area contributed by atoms with E-state index in [4.69, 9.17) is 16.3 Å². The number of nitrogens with zero attached hydrogens (tertiary/aromatic N) is 4. The second-order valence-electron chi connectivity index (χ2n) is 8.75. The third-order valence-electron chi connectivity index (χ3n) is 6.43. The normalized spacial score (nSPS) is 17.1. The predicted molar refractivity (Wildman–Crippen MR) is 147 cm³/mol. The number of ether oxygens (including phenoxy) is 1. The highest BCUT2D eigenvalue weighted by molar-refractivity contribution is 7.22. The van der Waals surface area contributed by atoms with E-state index >= 15 is 0 Å². The first-order valence-corrected chi connectivity index (χ1v) is 13.1. The first kappa shape index (κ1) is 24.1. The van der Waals surface area contributed by atoms with Crippen molar-refractivity contribution in [3.05, 3.63) is 94.4 Å². The minimum Gasteiger partial charge on any atom is -0.505 e. The van der Waals surface area contributed by atoms with Crippen LogP contribution in [0.25, 0.3) is 21.6 Å². The van der Waals surface area contributed by atoms with Crippen molar-refractivity contribution in [3.63, 3.8) is 0 Å². The number of pyridine rings is 1. The average molecular weight is 545 g/mol. The number of rotatable bonds is 5. The fraction of sp³-hybridized carbons (Fsp3) is 0.143. The number of fused-ring (bicyclic) bond motifs is 2. The number of aliphatic hydroxyl groups excluding tert-OH is 1. The van der Waals surface area contributed by atoms with E-state index in [2.05, 4.69) is 9.97 Å². The summed E-state index contributed by atoms with van der Waals surface area (Å²) in [6.45, 7) is 4.14. The lowest BCUT2D eigenvalue weighted by Gasteiger charge is -2.23. The van der Waals surface area contributed by atoms with E-state index in [1.54, 1.807) is 72.1 Å². The highest BCUT2D eigenvalue weighted by atomic mass is 35.5. The van der Waals surface area contributed by atoms with Gasteiger partial charge in [-0.1, -0.05) is 41.1 Å². The molecular weight excluding hydrogens is 524 g/mol. The van der Waals surface area contributed by atoms with Crippen LogP contribution >= 0.6 is 22.9 Å². The Bertz CT molecular complexity index is 1770. The molecule has 1 unspecified atom stereocenters. The zero-order valence-corrected chi connectivity index (χ0v) is 22.0. The summed E-state index contributed by atoms with van der Waals surface area (Å²) < 4.78 is 8.06. The SMILES string of the molecule is CCOc1ccc(C2C(=C(O)c3c(C)nc4ccccn34)C(=O)C(=O)N2c2nc3ccc(Cl)cc3s2)cc1. The highest BCUT2D eigenvalue weighted by Crippen LogP contribution is 2.45. The fourth-order valence-electron chi connectivity index (χ4n) is 4.77. The molecule has 38 heavy (non-hydrogen) atoms. The zero-order chi connectivity index (χ0) is 26.6. The van der Waals surface area contributed by atoms with Gasteiger partial charge in [-0.05, 0) is 61.9 Å². The molecule has 6 rings (SSSR count). The first-order chi connectivity index (χ1) is 18.4. The largest absolute Gasteiger partial charge is 0.505 e. The number of anilines is 1. The van der Waals surface area contributed by atoms with E-state index in [0.717, 1.165) is 4.70 Å². The van der Waals surface area contributed by atoms with Crippen LogP contribution in [0.3, 0.4) is 0 Å². The average Bonchev–Trinajstić information content (AvgIpc) is 3.55. The first-order valence-electron chi connectivity index (χ1n) is 11.9. The monoisotopic (exact) mass is 544 g/mol. The van der Waals surface area contributed by atoms with Crippen molar-refractivity contribution in [2.45, 2.75) is 19.9 Å². The summed E-state index contributed by atoms with van der Waals surface area (Å²) in [5.74, 6) is -1.23. The molecule has 10 heteroatoms. The minimum absolute atomic E-state index is 0.0369. The van der Waals surface area contributed by atoms with Gasteiger partial charge in [0.05, 0.1) is 34.1 Å². The van der Waals surface area contributed by atoms with Crippen LogP contribution in [0.4, 0.5) is 5.13 Å². The highest BCUT2D eigenvalue weighted by Gasteiger charge is 2.48. The van der Waals surface area contributed by atoms with Crippen LogP contribution in [0.1, 0.15) is 29.9 Å². The summed E-state index contributed by atoms with van der Waals surface area (Å²) in [5, 5.41) is 12.5. The van der Waals surface area contributed by atoms with Crippen LogP contribution in [-0.4, -0.2) is 37.8 Å². The Balaban J connectivity index is 1.58. The molecule has 0 radical (unpaired) electrons. The molecule has 1 aliphatic heterocycles. The minimum atomic E-state index is -0.921. The van der Waals surface area contributed by atoms with Crippen LogP contribution in [0.2, 0.25) is 5.02 Å². The number of aliphatic hydroxyl groups is 1. The molecule has 190 valence electrons. The molecule has 8 nitrogen and oxygen atoms in total. The molecule has 4 heterocycles. The lowest BCUT2D eigenvalue weighted by Crippen LogP contribution is -2.29. The number of aromatic nitrogens is 3. The molecule has 2 aromatic carbocycles. The van der Waals surface area contributed by atoms with Crippen molar-refractivity contribution in [3.8, 4) is 5.75 Å². The van der Waals surface area contributed by atoms with Gasteiger partial charge in [0, 0.05) is 11.2 Å². The Morgan fingerprint density at radius 3 is 2.66 bits per heavy atom. The Morgan fingerprint density at radius 1 is 1.11 bits per heavy atom. The van der Waals surface area contributed by atoms with Gasteiger partial charge in [-0.2, -0.15) is 0 Å². The number of ketones is 1. The number of Topliss-reactive ketones (excluding diaryl/α,β-unsaturated/α-hetero) is 1. The van der Waals surface area contributed by atoms with E-state index < -0.39 is 17.7 Å². The Labute approximate surface area is 226 Å². The number of aryl methyl sites for hydroxylation is 1.